The van der Waals surface area contributed by atoms with Crippen LogP contribution >= 0.6 is 11.3 Å². The highest BCUT2D eigenvalue weighted by Gasteiger charge is 2.35. The molecule has 1 aliphatic heterocycles. The average Bonchev–Trinajstić information content (AvgIpc) is 3.58. The van der Waals surface area contributed by atoms with Gasteiger partial charge in [-0.05, 0) is 42.1 Å². The molecule has 1 N–H and O–H groups in total. The number of anilines is 1. The molecule has 9 rings (SSSR count). The predicted molar refractivity (Wildman–Crippen MR) is 176 cm³/mol. The molecule has 3 heterocycles. The minimum atomic E-state index is -0.532. The van der Waals surface area contributed by atoms with Crippen LogP contribution in [0.25, 0.3) is 52.8 Å². The van der Waals surface area contributed by atoms with Gasteiger partial charge in [0.2, 0.25) is 5.96 Å². The van der Waals surface area contributed by atoms with E-state index in [-0.39, 0.29) is 0 Å². The Balaban J connectivity index is 1.37. The second-order valence-electron chi connectivity index (χ2n) is 11.0. The van der Waals surface area contributed by atoms with Crippen LogP contribution in [0.5, 0.6) is 0 Å². The summed E-state index contributed by atoms with van der Waals surface area (Å²) in [5.41, 5.74) is 5.20. The molecule has 6 aromatic carbocycles. The standard InChI is InChI=1S/C37H25N3S/c1-37(23-11-3-2-4-12-23)29-15-7-8-16-30(29)38-36(39-37)40-31-17-9-5-14-28(31)34-25-19-20-26-24-13-6-10-18-33(24)41-35(26)27(25)21-22-32(34)40/h2-22H,1H3,(H,38,39). The number of para-hydroxylation sites is 2. The van der Waals surface area contributed by atoms with Crippen LogP contribution in [0, 0.1) is 0 Å². The van der Waals surface area contributed by atoms with E-state index in [0.29, 0.717) is 0 Å². The van der Waals surface area contributed by atoms with E-state index in [0.717, 1.165) is 22.7 Å². The van der Waals surface area contributed by atoms with Crippen molar-refractivity contribution in [2.75, 3.05) is 5.32 Å². The second-order valence-corrected chi connectivity index (χ2v) is 12.0. The monoisotopic (exact) mass is 543 g/mol. The zero-order valence-electron chi connectivity index (χ0n) is 22.4. The number of thiophene rings is 1. The molecular weight excluding hydrogens is 518 g/mol. The zero-order chi connectivity index (χ0) is 27.1. The lowest BCUT2D eigenvalue weighted by Crippen LogP contribution is -2.35. The van der Waals surface area contributed by atoms with Gasteiger partial charge in [-0.15, -0.1) is 11.3 Å². The summed E-state index contributed by atoms with van der Waals surface area (Å²) in [7, 11) is 0. The molecule has 1 unspecified atom stereocenters. The van der Waals surface area contributed by atoms with Gasteiger partial charge < -0.3 is 5.32 Å². The summed E-state index contributed by atoms with van der Waals surface area (Å²) < 4.78 is 4.99. The van der Waals surface area contributed by atoms with Crippen molar-refractivity contribution in [2.45, 2.75) is 12.5 Å². The molecule has 1 aliphatic rings. The normalized spacial score (nSPS) is 16.9. The molecule has 0 saturated heterocycles. The number of fused-ring (bicyclic) bond motifs is 10. The number of nitrogens with zero attached hydrogens (tertiary/aromatic N) is 2. The average molecular weight is 544 g/mol. The Kier molecular flexibility index (Phi) is 4.62. The summed E-state index contributed by atoms with van der Waals surface area (Å²) in [6.07, 6.45) is 0. The number of benzene rings is 6. The summed E-state index contributed by atoms with van der Waals surface area (Å²) >= 11 is 1.89. The predicted octanol–water partition coefficient (Wildman–Crippen LogP) is 9.91. The van der Waals surface area contributed by atoms with Crippen molar-refractivity contribution in [1.82, 2.24) is 4.57 Å². The van der Waals surface area contributed by atoms with Gasteiger partial charge in [0.25, 0.3) is 0 Å². The minimum Gasteiger partial charge on any atom is -0.325 e. The van der Waals surface area contributed by atoms with Gasteiger partial charge in [-0.3, -0.25) is 4.57 Å². The second kappa shape index (κ2) is 8.29. The Morgan fingerprint density at radius 2 is 1.29 bits per heavy atom. The van der Waals surface area contributed by atoms with E-state index in [9.17, 15) is 0 Å². The van der Waals surface area contributed by atoms with Gasteiger partial charge in [-0.1, -0.05) is 103 Å². The molecule has 3 nitrogen and oxygen atoms in total. The van der Waals surface area contributed by atoms with E-state index in [1.165, 1.54) is 52.8 Å². The highest BCUT2D eigenvalue weighted by atomic mass is 32.1. The van der Waals surface area contributed by atoms with Crippen LogP contribution in [0.1, 0.15) is 18.1 Å². The van der Waals surface area contributed by atoms with Crippen LogP contribution < -0.4 is 5.32 Å². The molecule has 0 aliphatic carbocycles. The summed E-state index contributed by atoms with van der Waals surface area (Å²) in [5, 5.41) is 11.5. The van der Waals surface area contributed by atoms with E-state index in [1.54, 1.807) is 0 Å². The van der Waals surface area contributed by atoms with Crippen LogP contribution in [0.3, 0.4) is 0 Å². The first kappa shape index (κ1) is 22.8. The SMILES string of the molecule is CC1(c2ccccc2)N=C(n2c3ccccc3c3c4ccc5c6ccccc6sc5c4ccc32)Nc2ccccc21. The molecule has 4 heteroatoms. The molecule has 1 atom stereocenters. The van der Waals surface area contributed by atoms with Crippen molar-refractivity contribution in [3.8, 4) is 0 Å². The maximum Gasteiger partial charge on any atom is 0.209 e. The molecule has 8 aromatic rings. The Bertz CT molecular complexity index is 2360. The quantitative estimate of drug-likeness (QED) is 0.219. The molecule has 0 fully saturated rings. The van der Waals surface area contributed by atoms with Gasteiger partial charge in [0.05, 0.1) is 11.0 Å². The first-order valence-corrected chi connectivity index (χ1v) is 14.8. The number of hydrogen-bond acceptors (Lipinski definition) is 3. The number of rotatable bonds is 1. The minimum absolute atomic E-state index is 0.532. The van der Waals surface area contributed by atoms with Crippen molar-refractivity contribution in [1.29, 1.82) is 0 Å². The maximum atomic E-state index is 5.50. The van der Waals surface area contributed by atoms with E-state index < -0.39 is 5.54 Å². The largest absolute Gasteiger partial charge is 0.325 e. The van der Waals surface area contributed by atoms with E-state index in [2.05, 4.69) is 144 Å². The van der Waals surface area contributed by atoms with Gasteiger partial charge in [0.1, 0.15) is 5.54 Å². The fourth-order valence-corrected chi connectivity index (χ4v) is 8.04. The van der Waals surface area contributed by atoms with Gasteiger partial charge >= 0.3 is 0 Å². The van der Waals surface area contributed by atoms with E-state index in [4.69, 9.17) is 4.99 Å². The topological polar surface area (TPSA) is 29.3 Å². The molecule has 41 heavy (non-hydrogen) atoms. The maximum absolute atomic E-state index is 5.50. The molecule has 0 spiro atoms. The van der Waals surface area contributed by atoms with Gasteiger partial charge in [0.15, 0.2) is 0 Å². The lowest BCUT2D eigenvalue weighted by molar-refractivity contribution is 0.599. The highest BCUT2D eigenvalue weighted by Crippen LogP contribution is 2.44. The van der Waals surface area contributed by atoms with Crippen LogP contribution in [0.4, 0.5) is 5.69 Å². The Morgan fingerprint density at radius 3 is 2.20 bits per heavy atom. The molecule has 194 valence electrons. The molecule has 0 saturated carbocycles. The first-order chi connectivity index (χ1) is 20.2. The third-order valence-corrected chi connectivity index (χ3v) is 9.97. The van der Waals surface area contributed by atoms with Crippen LogP contribution in [0.2, 0.25) is 0 Å². The molecular formula is C37H25N3S. The number of aromatic nitrogens is 1. The van der Waals surface area contributed by atoms with Crippen molar-refractivity contribution < 1.29 is 0 Å². The van der Waals surface area contributed by atoms with Crippen LogP contribution in [0.15, 0.2) is 132 Å². The number of nitrogens with one attached hydrogen (secondary N) is 1. The Labute approximate surface area is 241 Å². The number of aliphatic imine (C=N–C) groups is 1. The van der Waals surface area contributed by atoms with Crippen molar-refractivity contribution in [3.63, 3.8) is 0 Å². The van der Waals surface area contributed by atoms with E-state index in [1.807, 2.05) is 11.3 Å². The zero-order valence-corrected chi connectivity index (χ0v) is 23.2. The number of hydrogen-bond donors (Lipinski definition) is 1. The Morgan fingerprint density at radius 1 is 0.610 bits per heavy atom. The summed E-state index contributed by atoms with van der Waals surface area (Å²) in [6, 6.07) is 45.8. The van der Waals surface area contributed by atoms with Gasteiger partial charge in [-0.25, -0.2) is 4.99 Å². The summed E-state index contributed by atoms with van der Waals surface area (Å²) in [4.78, 5) is 5.50. The first-order valence-electron chi connectivity index (χ1n) is 14.0. The van der Waals surface area contributed by atoms with Gasteiger partial charge in [-0.2, -0.15) is 0 Å². The Hall–Kier alpha value is -4.93. The molecule has 2 aromatic heterocycles. The van der Waals surface area contributed by atoms with E-state index >= 15 is 0 Å². The third kappa shape index (κ3) is 3.11. The lowest BCUT2D eigenvalue weighted by atomic mass is 9.83. The van der Waals surface area contributed by atoms with Crippen LogP contribution in [-0.4, -0.2) is 10.5 Å². The van der Waals surface area contributed by atoms with Crippen molar-refractivity contribution >= 4 is 75.7 Å². The molecule has 0 amide bonds. The van der Waals surface area contributed by atoms with Crippen molar-refractivity contribution in [2.24, 2.45) is 4.99 Å². The van der Waals surface area contributed by atoms with Gasteiger partial charge in [0, 0.05) is 47.6 Å². The molecule has 0 radical (unpaired) electrons. The lowest BCUT2D eigenvalue weighted by Gasteiger charge is -2.34. The molecule has 0 bridgehead atoms. The highest BCUT2D eigenvalue weighted by molar-refractivity contribution is 7.26. The smallest absolute Gasteiger partial charge is 0.209 e. The third-order valence-electron chi connectivity index (χ3n) is 8.75. The summed E-state index contributed by atoms with van der Waals surface area (Å²) in [6.45, 7) is 2.23. The van der Waals surface area contributed by atoms with Crippen LogP contribution in [-0.2, 0) is 5.54 Å². The fraction of sp³-hybridized carbons (Fsp3) is 0.0541. The summed E-state index contributed by atoms with van der Waals surface area (Å²) in [5.74, 6) is 0.837. The van der Waals surface area contributed by atoms with Crippen molar-refractivity contribution in [3.05, 3.63) is 139 Å². The fourth-order valence-electron chi connectivity index (χ4n) is 6.81.